The standard InChI is InChI=1S/C21H23F2NO4S/c1-28-17-3-2-4-18(14-17)29(26,27)12-11-24-9-7-15(8-10-24)21(25)19-13-16(22)5-6-20(19)23/h2-6,13-15H,7-12H2,1H3. The molecule has 0 aliphatic carbocycles. The first-order valence-electron chi connectivity index (χ1n) is 9.38. The molecule has 0 spiro atoms. The van der Waals surface area contributed by atoms with Gasteiger partial charge in [0.2, 0.25) is 0 Å². The molecule has 0 N–H and O–H groups in total. The highest BCUT2D eigenvalue weighted by atomic mass is 32.2. The van der Waals surface area contributed by atoms with Crippen molar-refractivity contribution < 1.29 is 26.7 Å². The molecule has 1 aliphatic heterocycles. The first-order chi connectivity index (χ1) is 13.8. The fourth-order valence-electron chi connectivity index (χ4n) is 3.49. The molecule has 8 heteroatoms. The van der Waals surface area contributed by atoms with Crippen molar-refractivity contribution in [3.8, 4) is 5.75 Å². The zero-order chi connectivity index (χ0) is 21.0. The highest BCUT2D eigenvalue weighted by molar-refractivity contribution is 7.91. The van der Waals surface area contributed by atoms with Crippen molar-refractivity contribution in [2.24, 2.45) is 5.92 Å². The molecule has 1 saturated heterocycles. The van der Waals surface area contributed by atoms with Gasteiger partial charge in [0.05, 0.1) is 23.3 Å². The van der Waals surface area contributed by atoms with Gasteiger partial charge in [0.1, 0.15) is 17.4 Å². The number of ketones is 1. The molecule has 0 radical (unpaired) electrons. The van der Waals surface area contributed by atoms with Gasteiger partial charge >= 0.3 is 0 Å². The quantitative estimate of drug-likeness (QED) is 0.639. The van der Waals surface area contributed by atoms with Gasteiger partial charge in [0.15, 0.2) is 15.6 Å². The Kier molecular flexibility index (Phi) is 6.64. The number of piperidine rings is 1. The number of benzene rings is 2. The highest BCUT2D eigenvalue weighted by Gasteiger charge is 2.28. The maximum absolute atomic E-state index is 13.8. The maximum atomic E-state index is 13.8. The molecule has 0 bridgehead atoms. The van der Waals surface area contributed by atoms with Gasteiger partial charge < -0.3 is 9.64 Å². The van der Waals surface area contributed by atoms with Crippen molar-refractivity contribution in [2.45, 2.75) is 17.7 Å². The van der Waals surface area contributed by atoms with E-state index < -0.39 is 33.2 Å². The second-order valence-electron chi connectivity index (χ2n) is 7.10. The monoisotopic (exact) mass is 423 g/mol. The molecular formula is C21H23F2NO4S. The second-order valence-corrected chi connectivity index (χ2v) is 9.21. The minimum atomic E-state index is -3.46. The lowest BCUT2D eigenvalue weighted by Gasteiger charge is -2.31. The van der Waals surface area contributed by atoms with Crippen molar-refractivity contribution in [1.29, 1.82) is 0 Å². The number of hydrogen-bond donors (Lipinski definition) is 0. The van der Waals surface area contributed by atoms with Gasteiger partial charge in [-0.3, -0.25) is 4.79 Å². The van der Waals surface area contributed by atoms with Gasteiger partial charge in [0, 0.05) is 12.5 Å². The van der Waals surface area contributed by atoms with Crippen LogP contribution in [-0.4, -0.2) is 51.6 Å². The molecule has 2 aromatic carbocycles. The minimum absolute atomic E-state index is 0.0443. The minimum Gasteiger partial charge on any atom is -0.497 e. The van der Waals surface area contributed by atoms with Crippen LogP contribution < -0.4 is 4.74 Å². The smallest absolute Gasteiger partial charge is 0.179 e. The Hall–Kier alpha value is -2.32. The zero-order valence-electron chi connectivity index (χ0n) is 16.1. The number of halogens is 2. The lowest BCUT2D eigenvalue weighted by molar-refractivity contribution is 0.0840. The fourth-order valence-corrected chi connectivity index (χ4v) is 4.80. The molecule has 0 atom stereocenters. The second kappa shape index (κ2) is 9.00. The van der Waals surface area contributed by atoms with E-state index in [0.29, 0.717) is 38.2 Å². The summed E-state index contributed by atoms with van der Waals surface area (Å²) in [6.45, 7) is 1.40. The molecule has 29 heavy (non-hydrogen) atoms. The summed E-state index contributed by atoms with van der Waals surface area (Å²) in [5, 5.41) is 0. The molecule has 1 fully saturated rings. The molecule has 0 saturated carbocycles. The highest BCUT2D eigenvalue weighted by Crippen LogP contribution is 2.24. The van der Waals surface area contributed by atoms with Crippen LogP contribution in [-0.2, 0) is 9.84 Å². The summed E-state index contributed by atoms with van der Waals surface area (Å²) in [4.78, 5) is 14.7. The van der Waals surface area contributed by atoms with E-state index >= 15 is 0 Å². The van der Waals surface area contributed by atoms with E-state index in [1.165, 1.54) is 19.2 Å². The average Bonchev–Trinajstić information content (AvgIpc) is 2.74. The van der Waals surface area contributed by atoms with E-state index in [1.807, 2.05) is 4.90 Å². The largest absolute Gasteiger partial charge is 0.497 e. The Morgan fingerprint density at radius 1 is 1.14 bits per heavy atom. The number of methoxy groups -OCH3 is 1. The van der Waals surface area contributed by atoms with Crippen molar-refractivity contribution in [3.63, 3.8) is 0 Å². The molecule has 2 aromatic rings. The number of Topliss-reactive ketones (excluding diaryl/α,β-unsaturated/α-hetero) is 1. The van der Waals surface area contributed by atoms with Crippen LogP contribution in [0.15, 0.2) is 47.4 Å². The van der Waals surface area contributed by atoms with Gasteiger partial charge in [-0.2, -0.15) is 0 Å². The van der Waals surface area contributed by atoms with E-state index in [2.05, 4.69) is 0 Å². The fraction of sp³-hybridized carbons (Fsp3) is 0.381. The number of hydrogen-bond acceptors (Lipinski definition) is 5. The van der Waals surface area contributed by atoms with Gasteiger partial charge in [-0.25, -0.2) is 17.2 Å². The number of nitrogens with zero attached hydrogens (tertiary/aromatic N) is 1. The van der Waals surface area contributed by atoms with Crippen molar-refractivity contribution in [2.75, 3.05) is 32.5 Å². The molecule has 5 nitrogen and oxygen atoms in total. The predicted octanol–water partition coefficient (Wildman–Crippen LogP) is 3.34. The van der Waals surface area contributed by atoms with Gasteiger partial charge in [-0.15, -0.1) is 0 Å². The Labute approximate surface area is 169 Å². The van der Waals surface area contributed by atoms with Gasteiger partial charge in [-0.1, -0.05) is 6.07 Å². The summed E-state index contributed by atoms with van der Waals surface area (Å²) < 4.78 is 57.4. The summed E-state index contributed by atoms with van der Waals surface area (Å²) in [5.74, 6) is -1.71. The van der Waals surface area contributed by atoms with Gasteiger partial charge in [-0.05, 0) is 62.3 Å². The lowest BCUT2D eigenvalue weighted by Crippen LogP contribution is -2.39. The van der Waals surface area contributed by atoms with E-state index in [0.717, 1.165) is 18.2 Å². The van der Waals surface area contributed by atoms with E-state index in [-0.39, 0.29) is 16.2 Å². The van der Waals surface area contributed by atoms with Crippen LogP contribution in [0.4, 0.5) is 8.78 Å². The van der Waals surface area contributed by atoms with Crippen LogP contribution in [0.1, 0.15) is 23.2 Å². The Bertz CT molecular complexity index is 986. The summed E-state index contributed by atoms with van der Waals surface area (Å²) in [6, 6.07) is 9.23. The lowest BCUT2D eigenvalue weighted by atomic mass is 9.88. The number of rotatable bonds is 7. The topological polar surface area (TPSA) is 63.7 Å². The molecule has 3 rings (SSSR count). The first-order valence-corrected chi connectivity index (χ1v) is 11.0. The third-order valence-electron chi connectivity index (χ3n) is 5.23. The average molecular weight is 423 g/mol. The molecular weight excluding hydrogens is 400 g/mol. The van der Waals surface area contributed by atoms with Crippen LogP contribution in [0, 0.1) is 17.6 Å². The molecule has 156 valence electrons. The van der Waals surface area contributed by atoms with E-state index in [9.17, 15) is 22.0 Å². The molecule has 0 unspecified atom stereocenters. The number of carbonyl (C=O) groups excluding carboxylic acids is 1. The normalized spacial score (nSPS) is 16.0. The van der Waals surface area contributed by atoms with Crippen LogP contribution in [0.3, 0.4) is 0 Å². The van der Waals surface area contributed by atoms with Crippen LogP contribution in [0.5, 0.6) is 5.75 Å². The number of likely N-dealkylation sites (tertiary alicyclic amines) is 1. The number of ether oxygens (including phenoxy) is 1. The summed E-state index contributed by atoms with van der Waals surface area (Å²) in [5.41, 5.74) is -0.218. The number of carbonyl (C=O) groups is 1. The van der Waals surface area contributed by atoms with Crippen LogP contribution in [0.25, 0.3) is 0 Å². The van der Waals surface area contributed by atoms with Crippen molar-refractivity contribution in [1.82, 2.24) is 4.90 Å². The van der Waals surface area contributed by atoms with E-state index in [4.69, 9.17) is 4.74 Å². The Morgan fingerprint density at radius 2 is 1.86 bits per heavy atom. The van der Waals surface area contributed by atoms with Crippen LogP contribution >= 0.6 is 0 Å². The summed E-state index contributed by atoms with van der Waals surface area (Å²) in [7, 11) is -1.98. The van der Waals surface area contributed by atoms with Crippen molar-refractivity contribution in [3.05, 3.63) is 59.7 Å². The zero-order valence-corrected chi connectivity index (χ0v) is 16.9. The Morgan fingerprint density at radius 3 is 2.55 bits per heavy atom. The molecule has 0 aromatic heterocycles. The summed E-state index contributed by atoms with van der Waals surface area (Å²) in [6.07, 6.45) is 0.960. The third kappa shape index (κ3) is 5.19. The predicted molar refractivity (Wildman–Crippen MR) is 105 cm³/mol. The van der Waals surface area contributed by atoms with Crippen molar-refractivity contribution >= 4 is 15.6 Å². The molecule has 0 amide bonds. The Balaban J connectivity index is 1.56. The number of sulfone groups is 1. The van der Waals surface area contributed by atoms with E-state index in [1.54, 1.807) is 12.1 Å². The summed E-state index contributed by atoms with van der Waals surface area (Å²) >= 11 is 0. The van der Waals surface area contributed by atoms with Gasteiger partial charge in [0.25, 0.3) is 0 Å². The molecule has 1 heterocycles. The van der Waals surface area contributed by atoms with Crippen LogP contribution in [0.2, 0.25) is 0 Å². The maximum Gasteiger partial charge on any atom is 0.179 e. The molecule has 1 aliphatic rings. The first kappa shape index (κ1) is 21.4. The SMILES string of the molecule is COc1cccc(S(=O)(=O)CCN2CCC(C(=O)c3cc(F)ccc3F)CC2)c1. The third-order valence-corrected chi connectivity index (χ3v) is 6.92.